The van der Waals surface area contributed by atoms with Crippen molar-refractivity contribution in [3.8, 4) is 6.07 Å². The highest BCUT2D eigenvalue weighted by Crippen LogP contribution is 2.30. The molecule has 6 heteroatoms. The van der Waals surface area contributed by atoms with Crippen molar-refractivity contribution >= 4 is 11.4 Å². The molecule has 2 rings (SSSR count). The maximum Gasteiger partial charge on any atom is 0.292 e. The number of rotatable bonds is 8. The molecule has 1 aromatic rings. The summed E-state index contributed by atoms with van der Waals surface area (Å²) in [4.78, 5) is 13.1. The smallest absolute Gasteiger partial charge is 0.292 e. The minimum atomic E-state index is -0.349. The molecule has 1 aromatic carbocycles. The van der Waals surface area contributed by atoms with Crippen LogP contribution in [0.4, 0.5) is 11.4 Å². The minimum absolute atomic E-state index is 0.116. The molecule has 0 amide bonds. The Labute approximate surface area is 124 Å². The molecule has 21 heavy (non-hydrogen) atoms. The van der Waals surface area contributed by atoms with Crippen LogP contribution >= 0.6 is 0 Å². The summed E-state index contributed by atoms with van der Waals surface area (Å²) in [5, 5.41) is 22.9. The monoisotopic (exact) mass is 288 g/mol. The van der Waals surface area contributed by atoms with Gasteiger partial charge in [-0.2, -0.15) is 5.26 Å². The minimum Gasteiger partial charge on any atom is -0.380 e. The molecule has 1 aliphatic carbocycles. The van der Waals surface area contributed by atoms with Gasteiger partial charge in [-0.15, -0.1) is 0 Å². The number of nitrogens with one attached hydrogen (secondary N) is 1. The maximum absolute atomic E-state index is 11.2. The zero-order valence-corrected chi connectivity index (χ0v) is 12.2. The Morgan fingerprint density at radius 2 is 2.29 bits per heavy atom. The highest BCUT2D eigenvalue weighted by Gasteiger charge is 2.29. The number of hydrogen-bond acceptors (Lipinski definition) is 5. The zero-order valence-electron chi connectivity index (χ0n) is 12.2. The SMILES string of the molecule is CCNc1ccc(CN(CCC#N)C2CC2)cc1[N+](=O)[O-]. The van der Waals surface area contributed by atoms with E-state index in [2.05, 4.69) is 16.3 Å². The molecule has 1 saturated carbocycles. The van der Waals surface area contributed by atoms with Gasteiger partial charge >= 0.3 is 0 Å². The van der Waals surface area contributed by atoms with E-state index in [1.165, 1.54) is 0 Å². The van der Waals surface area contributed by atoms with E-state index in [4.69, 9.17) is 5.26 Å². The first kappa shape index (κ1) is 15.3. The predicted octanol–water partition coefficient (Wildman–Crippen LogP) is 2.90. The van der Waals surface area contributed by atoms with Crippen LogP contribution in [0.2, 0.25) is 0 Å². The zero-order chi connectivity index (χ0) is 15.2. The van der Waals surface area contributed by atoms with Gasteiger partial charge in [0.25, 0.3) is 5.69 Å². The molecule has 0 atom stereocenters. The molecule has 6 nitrogen and oxygen atoms in total. The van der Waals surface area contributed by atoms with E-state index < -0.39 is 0 Å². The van der Waals surface area contributed by atoms with Gasteiger partial charge in [0.1, 0.15) is 5.69 Å². The molecular weight excluding hydrogens is 268 g/mol. The third kappa shape index (κ3) is 4.17. The van der Waals surface area contributed by atoms with Crippen LogP contribution in [-0.4, -0.2) is 29.0 Å². The second-order valence-electron chi connectivity index (χ2n) is 5.25. The van der Waals surface area contributed by atoms with Crippen molar-refractivity contribution in [3.63, 3.8) is 0 Å². The number of nitrogens with zero attached hydrogens (tertiary/aromatic N) is 3. The average Bonchev–Trinajstić information content (AvgIpc) is 3.29. The molecular formula is C15H20N4O2. The van der Waals surface area contributed by atoms with Gasteiger partial charge in [0.15, 0.2) is 0 Å². The topological polar surface area (TPSA) is 82.2 Å². The van der Waals surface area contributed by atoms with Gasteiger partial charge < -0.3 is 5.32 Å². The molecule has 1 fully saturated rings. The fourth-order valence-corrected chi connectivity index (χ4v) is 2.43. The Bertz CT molecular complexity index is 549. The summed E-state index contributed by atoms with van der Waals surface area (Å²) >= 11 is 0. The number of nitro groups is 1. The summed E-state index contributed by atoms with van der Waals surface area (Å²) in [6.07, 6.45) is 2.81. The average molecular weight is 288 g/mol. The van der Waals surface area contributed by atoms with Gasteiger partial charge in [-0.25, -0.2) is 0 Å². The third-order valence-electron chi connectivity index (χ3n) is 3.59. The molecule has 0 aliphatic heterocycles. The molecule has 0 spiro atoms. The van der Waals surface area contributed by atoms with Crippen molar-refractivity contribution in [2.24, 2.45) is 0 Å². The van der Waals surface area contributed by atoms with Gasteiger partial charge in [0.05, 0.1) is 11.0 Å². The molecule has 112 valence electrons. The van der Waals surface area contributed by atoms with E-state index in [9.17, 15) is 10.1 Å². The predicted molar refractivity (Wildman–Crippen MR) is 80.9 cm³/mol. The largest absolute Gasteiger partial charge is 0.380 e. The summed E-state index contributed by atoms with van der Waals surface area (Å²) in [6.45, 7) is 3.95. The van der Waals surface area contributed by atoms with Crippen molar-refractivity contribution in [1.82, 2.24) is 4.90 Å². The van der Waals surface area contributed by atoms with Gasteiger partial charge in [-0.1, -0.05) is 6.07 Å². The normalized spacial score (nSPS) is 14.0. The lowest BCUT2D eigenvalue weighted by molar-refractivity contribution is -0.384. The highest BCUT2D eigenvalue weighted by molar-refractivity contribution is 5.62. The summed E-state index contributed by atoms with van der Waals surface area (Å²) in [6, 6.07) is 8.03. The number of nitriles is 1. The summed E-state index contributed by atoms with van der Waals surface area (Å²) in [5.74, 6) is 0. The fraction of sp³-hybridized carbons (Fsp3) is 0.533. The lowest BCUT2D eigenvalue weighted by atomic mass is 10.1. The molecule has 0 heterocycles. The number of hydrogen-bond donors (Lipinski definition) is 1. The molecule has 0 radical (unpaired) electrons. The molecule has 1 N–H and O–H groups in total. The summed E-state index contributed by atoms with van der Waals surface area (Å²) < 4.78 is 0. The van der Waals surface area contributed by atoms with E-state index in [0.717, 1.165) is 24.9 Å². The van der Waals surface area contributed by atoms with Gasteiger partial charge in [-0.3, -0.25) is 15.0 Å². The Balaban J connectivity index is 2.13. The molecule has 0 bridgehead atoms. The number of nitro benzene ring substituents is 1. The molecule has 0 aromatic heterocycles. The van der Waals surface area contributed by atoms with E-state index in [0.29, 0.717) is 31.2 Å². The summed E-state index contributed by atoms with van der Waals surface area (Å²) in [5.41, 5.74) is 1.60. The van der Waals surface area contributed by atoms with Crippen LogP contribution in [0.25, 0.3) is 0 Å². The number of benzene rings is 1. The van der Waals surface area contributed by atoms with Crippen molar-refractivity contribution < 1.29 is 4.92 Å². The van der Waals surface area contributed by atoms with Crippen LogP contribution in [0.5, 0.6) is 0 Å². The van der Waals surface area contributed by atoms with E-state index in [1.54, 1.807) is 12.1 Å². The Morgan fingerprint density at radius 1 is 1.52 bits per heavy atom. The van der Waals surface area contributed by atoms with Crippen LogP contribution in [0, 0.1) is 21.4 Å². The third-order valence-corrected chi connectivity index (χ3v) is 3.59. The highest BCUT2D eigenvalue weighted by atomic mass is 16.6. The Hall–Kier alpha value is -2.13. The van der Waals surface area contributed by atoms with Gasteiger partial charge in [0, 0.05) is 38.2 Å². The number of anilines is 1. The van der Waals surface area contributed by atoms with Gasteiger partial charge in [0.2, 0.25) is 0 Å². The molecule has 0 unspecified atom stereocenters. The maximum atomic E-state index is 11.2. The van der Waals surface area contributed by atoms with Crippen molar-refractivity contribution in [2.75, 3.05) is 18.4 Å². The van der Waals surface area contributed by atoms with E-state index in [1.807, 2.05) is 13.0 Å². The second kappa shape index (κ2) is 7.04. The standard InChI is InChI=1S/C15H20N4O2/c1-2-17-14-7-4-12(10-15(14)19(20)21)11-18(9-3-8-16)13-5-6-13/h4,7,10,13,17H,2-3,5-6,9,11H2,1H3. The fourth-order valence-electron chi connectivity index (χ4n) is 2.43. The molecule has 1 aliphatic rings. The lowest BCUT2D eigenvalue weighted by Gasteiger charge is -2.20. The van der Waals surface area contributed by atoms with Crippen molar-refractivity contribution in [1.29, 1.82) is 5.26 Å². The van der Waals surface area contributed by atoms with Crippen molar-refractivity contribution in [2.45, 2.75) is 38.8 Å². The van der Waals surface area contributed by atoms with E-state index >= 15 is 0 Å². The van der Waals surface area contributed by atoms with Crippen molar-refractivity contribution in [3.05, 3.63) is 33.9 Å². The van der Waals surface area contributed by atoms with Crippen LogP contribution in [0.1, 0.15) is 31.7 Å². The Kier molecular flexibility index (Phi) is 5.12. The summed E-state index contributed by atoms with van der Waals surface area (Å²) in [7, 11) is 0. The first-order valence-corrected chi connectivity index (χ1v) is 7.28. The van der Waals surface area contributed by atoms with Crippen LogP contribution in [0.15, 0.2) is 18.2 Å². The first-order chi connectivity index (χ1) is 10.2. The first-order valence-electron chi connectivity index (χ1n) is 7.28. The Morgan fingerprint density at radius 3 is 2.86 bits per heavy atom. The molecule has 0 saturated heterocycles. The quantitative estimate of drug-likeness (QED) is 0.587. The van der Waals surface area contributed by atoms with E-state index in [-0.39, 0.29) is 10.6 Å². The van der Waals surface area contributed by atoms with Crippen LogP contribution in [-0.2, 0) is 6.54 Å². The van der Waals surface area contributed by atoms with Gasteiger partial charge in [-0.05, 0) is 31.4 Å². The second-order valence-corrected chi connectivity index (χ2v) is 5.25. The van der Waals surface area contributed by atoms with Crippen LogP contribution < -0.4 is 5.32 Å². The lowest BCUT2D eigenvalue weighted by Crippen LogP contribution is -2.26. The van der Waals surface area contributed by atoms with Crippen LogP contribution in [0.3, 0.4) is 0 Å².